The summed E-state index contributed by atoms with van der Waals surface area (Å²) < 4.78 is 0. The highest BCUT2D eigenvalue weighted by atomic mass is 16.4. The van der Waals surface area contributed by atoms with Crippen LogP contribution >= 0.6 is 0 Å². The molecule has 15 nitrogen and oxygen atoms in total. The average Bonchev–Trinajstić information content (AvgIpc) is 3.28. The van der Waals surface area contributed by atoms with Crippen LogP contribution in [0.25, 0.3) is 10.9 Å². The maximum atomic E-state index is 13.1. The molecule has 0 aliphatic heterocycles. The van der Waals surface area contributed by atoms with Gasteiger partial charge in [-0.05, 0) is 37.8 Å². The molecule has 10 N–H and O–H groups in total. The first-order chi connectivity index (χ1) is 18.8. The van der Waals surface area contributed by atoms with E-state index in [1.54, 1.807) is 6.20 Å². The third kappa shape index (κ3) is 9.36. The first kappa shape index (κ1) is 31.7. The molecule has 0 saturated carbocycles. The topological polar surface area (TPSA) is 261 Å². The van der Waals surface area contributed by atoms with Crippen molar-refractivity contribution in [2.75, 3.05) is 0 Å². The molecule has 0 radical (unpaired) electrons. The van der Waals surface area contributed by atoms with Crippen LogP contribution in [0.2, 0.25) is 0 Å². The summed E-state index contributed by atoms with van der Waals surface area (Å²) in [5.41, 5.74) is 7.63. The van der Waals surface area contributed by atoms with Gasteiger partial charge in [-0.15, -0.1) is 0 Å². The number of nitrogens with two attached hydrogens (primary N) is 1. The van der Waals surface area contributed by atoms with Crippen LogP contribution in [0.5, 0.6) is 0 Å². The Hall–Kier alpha value is -4.50. The molecule has 218 valence electrons. The Balaban J connectivity index is 2.17. The number of carboxylic acids is 3. The normalized spacial score (nSPS) is 14.8. The van der Waals surface area contributed by atoms with Crippen molar-refractivity contribution in [3.8, 4) is 0 Å². The highest BCUT2D eigenvalue weighted by molar-refractivity contribution is 5.95. The number of carbonyl (C=O) groups is 6. The van der Waals surface area contributed by atoms with Gasteiger partial charge in [-0.2, -0.15) is 0 Å². The zero-order chi connectivity index (χ0) is 30.0. The number of H-pyrrole nitrogens is 1. The number of nitrogens with one attached hydrogen (secondary N) is 4. The number of carbonyl (C=O) groups excluding carboxylic acids is 3. The molecule has 3 amide bonds. The first-order valence-electron chi connectivity index (χ1n) is 12.4. The second kappa shape index (κ2) is 14.6. The summed E-state index contributed by atoms with van der Waals surface area (Å²) in [6.45, 7) is 1.11. The third-order valence-corrected chi connectivity index (χ3v) is 6.06. The van der Waals surface area contributed by atoms with E-state index in [9.17, 15) is 39.0 Å². The Morgan fingerprint density at radius 1 is 0.850 bits per heavy atom. The molecule has 15 heteroatoms. The fourth-order valence-electron chi connectivity index (χ4n) is 3.90. The van der Waals surface area contributed by atoms with E-state index in [-0.39, 0.29) is 12.8 Å². The van der Waals surface area contributed by atoms with Crippen LogP contribution in [-0.4, -0.2) is 91.3 Å². The van der Waals surface area contributed by atoms with Crippen molar-refractivity contribution >= 4 is 46.5 Å². The maximum Gasteiger partial charge on any atom is 0.328 e. The quantitative estimate of drug-likeness (QED) is 0.116. The van der Waals surface area contributed by atoms with E-state index in [2.05, 4.69) is 15.6 Å². The number of aromatic nitrogens is 1. The molecule has 0 bridgehead atoms. The number of aliphatic hydroxyl groups excluding tert-OH is 1. The van der Waals surface area contributed by atoms with E-state index in [4.69, 9.17) is 15.9 Å². The minimum Gasteiger partial charge on any atom is -0.481 e. The molecular weight excluding hydrogens is 530 g/mol. The monoisotopic (exact) mass is 563 g/mol. The van der Waals surface area contributed by atoms with E-state index in [1.165, 1.54) is 0 Å². The summed E-state index contributed by atoms with van der Waals surface area (Å²) >= 11 is 0. The lowest BCUT2D eigenvalue weighted by Crippen LogP contribution is -2.58. The van der Waals surface area contributed by atoms with Crippen molar-refractivity contribution in [1.29, 1.82) is 0 Å². The van der Waals surface area contributed by atoms with E-state index >= 15 is 0 Å². The summed E-state index contributed by atoms with van der Waals surface area (Å²) in [6.07, 6.45) is -1.71. The van der Waals surface area contributed by atoms with Gasteiger partial charge in [-0.1, -0.05) is 18.2 Å². The average molecular weight is 564 g/mol. The predicted molar refractivity (Wildman–Crippen MR) is 139 cm³/mol. The summed E-state index contributed by atoms with van der Waals surface area (Å²) in [7, 11) is 0. The number of amides is 3. The van der Waals surface area contributed by atoms with Crippen LogP contribution in [0.3, 0.4) is 0 Å². The molecule has 1 heterocycles. The van der Waals surface area contributed by atoms with E-state index in [0.29, 0.717) is 0 Å². The Kier molecular flexibility index (Phi) is 11.6. The van der Waals surface area contributed by atoms with Crippen molar-refractivity contribution in [1.82, 2.24) is 20.9 Å². The maximum absolute atomic E-state index is 13.1. The Bertz CT molecular complexity index is 1240. The lowest BCUT2D eigenvalue weighted by Gasteiger charge is -2.25. The van der Waals surface area contributed by atoms with Crippen molar-refractivity contribution in [2.45, 2.75) is 69.3 Å². The molecule has 1 aromatic carbocycles. The summed E-state index contributed by atoms with van der Waals surface area (Å²) in [5, 5.41) is 44.5. The Labute approximate surface area is 228 Å². The standard InChI is InChI=1S/C25H33N5O10/c1-12(31)21(25(39)40)30-24(38)18(7-9-20(34)35)29-23(37)17(6-8-19(32)33)28-22(36)15(26)10-13-11-27-16-5-3-2-4-14(13)16/h2-5,11-12,15,17-18,21,27,31H,6-10,26H2,1H3,(H,28,36)(H,29,37)(H,30,38)(H,32,33)(H,34,35)(H,39,40). The number of rotatable bonds is 16. The van der Waals surface area contributed by atoms with Crippen LogP contribution in [0.1, 0.15) is 38.2 Å². The van der Waals surface area contributed by atoms with Gasteiger partial charge >= 0.3 is 17.9 Å². The van der Waals surface area contributed by atoms with Crippen LogP contribution < -0.4 is 21.7 Å². The molecule has 0 saturated heterocycles. The molecule has 2 rings (SSSR count). The number of benzene rings is 1. The summed E-state index contributed by atoms with van der Waals surface area (Å²) in [6, 6.07) is 1.40. The van der Waals surface area contributed by atoms with Crippen LogP contribution in [-0.2, 0) is 35.2 Å². The summed E-state index contributed by atoms with van der Waals surface area (Å²) in [4.78, 5) is 75.3. The fraction of sp³-hybridized carbons (Fsp3) is 0.440. The predicted octanol–water partition coefficient (Wildman–Crippen LogP) is -1.31. The van der Waals surface area contributed by atoms with Gasteiger partial charge < -0.3 is 47.1 Å². The van der Waals surface area contributed by atoms with Gasteiger partial charge in [-0.3, -0.25) is 24.0 Å². The Morgan fingerprint density at radius 2 is 1.38 bits per heavy atom. The number of fused-ring (bicyclic) bond motifs is 1. The SMILES string of the molecule is CC(O)C(NC(=O)C(CCC(=O)O)NC(=O)C(CCC(=O)O)NC(=O)C(N)Cc1c[nH]c2ccccc12)C(=O)O. The van der Waals surface area contributed by atoms with E-state index in [0.717, 1.165) is 23.4 Å². The van der Waals surface area contributed by atoms with Crippen LogP contribution in [0.4, 0.5) is 0 Å². The summed E-state index contributed by atoms with van der Waals surface area (Å²) in [5.74, 6) is -7.02. The molecule has 0 aliphatic carbocycles. The fourth-order valence-corrected chi connectivity index (χ4v) is 3.90. The Morgan fingerprint density at radius 3 is 1.90 bits per heavy atom. The van der Waals surface area contributed by atoms with E-state index < -0.39 is 85.2 Å². The van der Waals surface area contributed by atoms with Gasteiger partial charge in [0.2, 0.25) is 17.7 Å². The molecule has 0 aliphatic rings. The van der Waals surface area contributed by atoms with Crippen LogP contribution in [0.15, 0.2) is 30.5 Å². The largest absolute Gasteiger partial charge is 0.481 e. The number of aliphatic carboxylic acids is 3. The van der Waals surface area contributed by atoms with E-state index in [1.807, 2.05) is 29.6 Å². The molecular formula is C25H33N5O10. The van der Waals surface area contributed by atoms with Gasteiger partial charge in [-0.25, -0.2) is 4.79 Å². The number of hydrogen-bond donors (Lipinski definition) is 9. The molecule has 40 heavy (non-hydrogen) atoms. The van der Waals surface area contributed by atoms with Gasteiger partial charge in [0.05, 0.1) is 12.1 Å². The zero-order valence-corrected chi connectivity index (χ0v) is 21.6. The lowest BCUT2D eigenvalue weighted by atomic mass is 10.0. The molecule has 5 unspecified atom stereocenters. The van der Waals surface area contributed by atoms with Crippen molar-refractivity contribution in [3.63, 3.8) is 0 Å². The highest BCUT2D eigenvalue weighted by Gasteiger charge is 2.32. The van der Waals surface area contributed by atoms with Gasteiger partial charge in [0.15, 0.2) is 6.04 Å². The highest BCUT2D eigenvalue weighted by Crippen LogP contribution is 2.19. The number of carboxylic acid groups (broad SMARTS) is 3. The molecule has 0 fully saturated rings. The molecule has 1 aromatic heterocycles. The minimum atomic E-state index is -1.75. The second-order valence-electron chi connectivity index (χ2n) is 9.22. The lowest BCUT2D eigenvalue weighted by molar-refractivity contribution is -0.145. The number of aromatic amines is 1. The molecule has 2 aromatic rings. The first-order valence-corrected chi connectivity index (χ1v) is 12.4. The number of hydrogen-bond acceptors (Lipinski definition) is 8. The molecule has 0 spiro atoms. The number of para-hydroxylation sites is 1. The third-order valence-electron chi connectivity index (χ3n) is 6.06. The minimum absolute atomic E-state index is 0.0860. The smallest absolute Gasteiger partial charge is 0.328 e. The van der Waals surface area contributed by atoms with Crippen molar-refractivity contribution < 1.29 is 49.2 Å². The molecule has 5 atom stereocenters. The van der Waals surface area contributed by atoms with Crippen molar-refractivity contribution in [2.24, 2.45) is 5.73 Å². The van der Waals surface area contributed by atoms with Crippen LogP contribution in [0, 0.1) is 0 Å². The second-order valence-corrected chi connectivity index (χ2v) is 9.22. The van der Waals surface area contributed by atoms with Crippen molar-refractivity contribution in [3.05, 3.63) is 36.0 Å². The van der Waals surface area contributed by atoms with Gasteiger partial charge in [0.25, 0.3) is 0 Å². The number of aliphatic hydroxyl groups is 1. The van der Waals surface area contributed by atoms with Gasteiger partial charge in [0.1, 0.15) is 12.1 Å². The zero-order valence-electron chi connectivity index (χ0n) is 21.6. The van der Waals surface area contributed by atoms with Gasteiger partial charge in [0, 0.05) is 29.9 Å².